The van der Waals surface area contributed by atoms with Gasteiger partial charge < -0.3 is 20.7 Å². The van der Waals surface area contributed by atoms with Gasteiger partial charge in [0.05, 0.1) is 0 Å². The van der Waals surface area contributed by atoms with Gasteiger partial charge in [0.2, 0.25) is 0 Å². The topological polar surface area (TPSA) is 82.7 Å². The number of amides is 3. The molecule has 0 aliphatic carbocycles. The lowest BCUT2D eigenvalue weighted by molar-refractivity contribution is 0.139. The van der Waals surface area contributed by atoms with Crippen LogP contribution in [-0.4, -0.2) is 55.3 Å². The molecule has 3 amide bonds. The van der Waals surface area contributed by atoms with Crippen molar-refractivity contribution in [2.75, 3.05) is 26.2 Å². The quantitative estimate of drug-likeness (QED) is 0.557. The van der Waals surface area contributed by atoms with Crippen LogP contribution in [0.3, 0.4) is 0 Å². The Morgan fingerprint density at radius 2 is 1.50 bits per heavy atom. The molecule has 0 heterocycles. The Bertz CT molecular complexity index is 527. The number of benzene rings is 1. The van der Waals surface area contributed by atoms with E-state index in [1.54, 1.807) is 0 Å². The number of rotatable bonds is 10. The largest absolute Gasteiger partial charge is 0.445 e. The predicted octanol–water partition coefficient (Wildman–Crippen LogP) is 2.33. The number of nitrogens with zero attached hydrogens (tertiary/aromatic N) is 1. The van der Waals surface area contributed by atoms with Crippen molar-refractivity contribution >= 4 is 12.1 Å². The van der Waals surface area contributed by atoms with Crippen LogP contribution in [0.15, 0.2) is 30.3 Å². The van der Waals surface area contributed by atoms with Crippen molar-refractivity contribution < 1.29 is 14.3 Å². The van der Waals surface area contributed by atoms with E-state index in [0.29, 0.717) is 31.7 Å². The summed E-state index contributed by atoms with van der Waals surface area (Å²) in [5.74, 6) is 0. The molecule has 7 heteroatoms. The van der Waals surface area contributed by atoms with Crippen molar-refractivity contribution in [2.45, 2.75) is 46.4 Å². The van der Waals surface area contributed by atoms with Crippen molar-refractivity contribution in [1.29, 1.82) is 0 Å². The van der Waals surface area contributed by atoms with Gasteiger partial charge in [0, 0.05) is 38.3 Å². The maximum absolute atomic E-state index is 11.7. The average Bonchev–Trinajstić information content (AvgIpc) is 2.60. The molecule has 146 valence electrons. The Morgan fingerprint density at radius 1 is 0.923 bits per heavy atom. The van der Waals surface area contributed by atoms with Gasteiger partial charge >= 0.3 is 12.1 Å². The molecule has 3 N–H and O–H groups in total. The summed E-state index contributed by atoms with van der Waals surface area (Å²) in [4.78, 5) is 25.6. The number of nitrogens with one attached hydrogen (secondary N) is 3. The second kappa shape index (κ2) is 12.1. The molecule has 1 rings (SSSR count). The molecule has 0 aliphatic rings. The van der Waals surface area contributed by atoms with Crippen LogP contribution in [0.25, 0.3) is 0 Å². The van der Waals surface area contributed by atoms with Crippen molar-refractivity contribution in [1.82, 2.24) is 20.9 Å². The Hall–Kier alpha value is -2.28. The smallest absolute Gasteiger partial charge is 0.407 e. The lowest BCUT2D eigenvalue weighted by Crippen LogP contribution is -2.45. The van der Waals surface area contributed by atoms with E-state index < -0.39 is 6.09 Å². The standard InChI is InChI=1S/C19H32N4O3/c1-15(2)23(16(3)4)13-12-21-18(24)20-10-11-22-19(25)26-14-17-8-6-5-7-9-17/h5-9,15-16H,10-14H2,1-4H3,(H,22,25)(H2,20,21,24). The molecule has 0 bridgehead atoms. The SMILES string of the molecule is CC(C)N(CCNC(=O)NCCNC(=O)OCc1ccccc1)C(C)C. The molecule has 0 radical (unpaired) electrons. The fourth-order valence-electron chi connectivity index (χ4n) is 2.59. The minimum atomic E-state index is -0.499. The van der Waals surface area contributed by atoms with Crippen LogP contribution >= 0.6 is 0 Å². The lowest BCUT2D eigenvalue weighted by Gasteiger charge is -2.30. The zero-order chi connectivity index (χ0) is 19.4. The summed E-state index contributed by atoms with van der Waals surface area (Å²) in [6.45, 7) is 10.8. The molecule has 0 unspecified atom stereocenters. The molecular weight excluding hydrogens is 332 g/mol. The molecule has 7 nitrogen and oxygen atoms in total. The monoisotopic (exact) mass is 364 g/mol. The van der Waals surface area contributed by atoms with Gasteiger partial charge in [-0.05, 0) is 33.3 Å². The summed E-state index contributed by atoms with van der Waals surface area (Å²) in [6.07, 6.45) is -0.499. The van der Waals surface area contributed by atoms with E-state index in [-0.39, 0.29) is 12.6 Å². The number of alkyl carbamates (subject to hydrolysis) is 1. The second-order valence-corrected chi connectivity index (χ2v) is 6.60. The molecule has 0 aliphatic heterocycles. The van der Waals surface area contributed by atoms with Crippen LogP contribution in [0.2, 0.25) is 0 Å². The fraction of sp³-hybridized carbons (Fsp3) is 0.579. The first-order chi connectivity index (χ1) is 12.4. The van der Waals surface area contributed by atoms with Crippen LogP contribution in [0.1, 0.15) is 33.3 Å². The van der Waals surface area contributed by atoms with E-state index in [4.69, 9.17) is 4.74 Å². The normalized spacial score (nSPS) is 10.9. The zero-order valence-corrected chi connectivity index (χ0v) is 16.2. The first kappa shape index (κ1) is 21.8. The highest BCUT2D eigenvalue weighted by atomic mass is 16.5. The van der Waals surface area contributed by atoms with Crippen molar-refractivity contribution in [3.8, 4) is 0 Å². The third kappa shape index (κ3) is 9.27. The Balaban J connectivity index is 2.07. The fourth-order valence-corrected chi connectivity index (χ4v) is 2.59. The molecule has 0 aromatic heterocycles. The van der Waals surface area contributed by atoms with Gasteiger partial charge in [-0.25, -0.2) is 9.59 Å². The van der Waals surface area contributed by atoms with E-state index in [9.17, 15) is 9.59 Å². The molecule has 0 atom stereocenters. The second-order valence-electron chi connectivity index (χ2n) is 6.60. The molecule has 1 aromatic rings. The first-order valence-corrected chi connectivity index (χ1v) is 9.12. The highest BCUT2D eigenvalue weighted by Crippen LogP contribution is 2.03. The van der Waals surface area contributed by atoms with Crippen LogP contribution in [0, 0.1) is 0 Å². The zero-order valence-electron chi connectivity index (χ0n) is 16.2. The first-order valence-electron chi connectivity index (χ1n) is 9.12. The summed E-state index contributed by atoms with van der Waals surface area (Å²) < 4.78 is 5.09. The van der Waals surface area contributed by atoms with E-state index in [1.165, 1.54) is 0 Å². The highest BCUT2D eigenvalue weighted by molar-refractivity contribution is 5.73. The molecule has 0 saturated carbocycles. The predicted molar refractivity (Wildman–Crippen MR) is 103 cm³/mol. The molecule has 0 fully saturated rings. The van der Waals surface area contributed by atoms with Gasteiger partial charge in [-0.1, -0.05) is 30.3 Å². The van der Waals surface area contributed by atoms with Gasteiger partial charge in [-0.2, -0.15) is 0 Å². The molecule has 0 saturated heterocycles. The highest BCUT2D eigenvalue weighted by Gasteiger charge is 2.12. The van der Waals surface area contributed by atoms with Crippen LogP contribution < -0.4 is 16.0 Å². The Morgan fingerprint density at radius 3 is 2.12 bits per heavy atom. The van der Waals surface area contributed by atoms with Crippen molar-refractivity contribution in [3.63, 3.8) is 0 Å². The maximum Gasteiger partial charge on any atom is 0.407 e. The van der Waals surface area contributed by atoms with Gasteiger partial charge in [-0.15, -0.1) is 0 Å². The third-order valence-corrected chi connectivity index (χ3v) is 3.87. The van der Waals surface area contributed by atoms with E-state index in [1.807, 2.05) is 30.3 Å². The van der Waals surface area contributed by atoms with Gasteiger partial charge in [0.1, 0.15) is 6.61 Å². The summed E-state index contributed by atoms with van der Waals surface area (Å²) in [6, 6.07) is 10.1. The number of carbonyl (C=O) groups is 2. The Labute approximate surface area is 156 Å². The van der Waals surface area contributed by atoms with Crippen LogP contribution in [-0.2, 0) is 11.3 Å². The van der Waals surface area contributed by atoms with Crippen LogP contribution in [0.4, 0.5) is 9.59 Å². The van der Waals surface area contributed by atoms with Gasteiger partial charge in [0.15, 0.2) is 0 Å². The molecule has 0 spiro atoms. The number of hydrogen-bond acceptors (Lipinski definition) is 4. The maximum atomic E-state index is 11.7. The van der Waals surface area contributed by atoms with E-state index in [0.717, 1.165) is 12.1 Å². The number of carbonyl (C=O) groups excluding carboxylic acids is 2. The summed E-state index contributed by atoms with van der Waals surface area (Å²) in [5.41, 5.74) is 0.928. The van der Waals surface area contributed by atoms with Gasteiger partial charge in [0.25, 0.3) is 0 Å². The lowest BCUT2D eigenvalue weighted by atomic mass is 10.2. The van der Waals surface area contributed by atoms with E-state index >= 15 is 0 Å². The van der Waals surface area contributed by atoms with Crippen molar-refractivity contribution in [2.24, 2.45) is 0 Å². The van der Waals surface area contributed by atoms with Crippen LogP contribution in [0.5, 0.6) is 0 Å². The van der Waals surface area contributed by atoms with E-state index in [2.05, 4.69) is 48.5 Å². The Kier molecular flexibility index (Phi) is 10.2. The minimum absolute atomic E-state index is 0.225. The number of ether oxygens (including phenoxy) is 1. The average molecular weight is 364 g/mol. The summed E-state index contributed by atoms with van der Waals surface area (Å²) in [7, 11) is 0. The minimum Gasteiger partial charge on any atom is -0.445 e. The third-order valence-electron chi connectivity index (χ3n) is 3.87. The summed E-state index contributed by atoms with van der Waals surface area (Å²) in [5, 5.41) is 8.13. The number of urea groups is 1. The summed E-state index contributed by atoms with van der Waals surface area (Å²) >= 11 is 0. The molecule has 1 aromatic carbocycles. The molecule has 26 heavy (non-hydrogen) atoms. The van der Waals surface area contributed by atoms with Crippen molar-refractivity contribution in [3.05, 3.63) is 35.9 Å². The van der Waals surface area contributed by atoms with Gasteiger partial charge in [-0.3, -0.25) is 4.90 Å². The molecular formula is C19H32N4O3. The number of hydrogen-bond donors (Lipinski definition) is 3.